The van der Waals surface area contributed by atoms with E-state index in [1.807, 2.05) is 77.5 Å². The molecule has 220 valence electrons. The summed E-state index contributed by atoms with van der Waals surface area (Å²) in [6, 6.07) is 15.1. The zero-order valence-corrected chi connectivity index (χ0v) is 25.8. The zero-order valence-electron chi connectivity index (χ0n) is 25.0. The number of hydrogen-bond donors (Lipinski definition) is 0. The molecule has 0 bridgehead atoms. The molecule has 0 N–H and O–H groups in total. The van der Waals surface area contributed by atoms with Gasteiger partial charge in [0, 0.05) is 84.3 Å². The van der Waals surface area contributed by atoms with Crippen LogP contribution in [0.15, 0.2) is 54.7 Å². The largest absolute Gasteiger partial charge is 0.340 e. The van der Waals surface area contributed by atoms with E-state index in [4.69, 9.17) is 4.98 Å². The molecule has 5 rings (SSSR count). The average Bonchev–Trinajstić information content (AvgIpc) is 2.97. The summed E-state index contributed by atoms with van der Waals surface area (Å²) < 4.78 is 27.2. The number of rotatable bonds is 8. The highest BCUT2D eigenvalue weighted by Gasteiger charge is 2.20. The van der Waals surface area contributed by atoms with Crippen molar-refractivity contribution in [3.8, 4) is 22.4 Å². The van der Waals surface area contributed by atoms with E-state index in [0.717, 1.165) is 53.0 Å². The van der Waals surface area contributed by atoms with Crippen molar-refractivity contribution in [2.45, 2.75) is 20.4 Å². The fourth-order valence-corrected chi connectivity index (χ4v) is 6.44. The first-order valence-corrected chi connectivity index (χ1v) is 15.7. The Balaban J connectivity index is 1.44. The molecule has 4 aromatic rings. The predicted molar refractivity (Wildman–Crippen MR) is 169 cm³/mol. The highest BCUT2D eigenvalue weighted by Crippen LogP contribution is 2.32. The molecule has 9 heteroatoms. The molecule has 1 aliphatic rings. The van der Waals surface area contributed by atoms with Crippen LogP contribution in [-0.4, -0.2) is 93.6 Å². The molecule has 1 aliphatic heterocycles. The van der Waals surface area contributed by atoms with Crippen LogP contribution in [0.3, 0.4) is 0 Å². The number of halogens is 1. The maximum atomic E-state index is 15.5. The number of carbonyl (C=O) groups is 1. The number of carbonyl (C=O) groups excluding carboxylic acids is 1. The van der Waals surface area contributed by atoms with Gasteiger partial charge in [0.15, 0.2) is 0 Å². The first-order chi connectivity index (χ1) is 20.1. The Morgan fingerprint density at radius 1 is 0.976 bits per heavy atom. The quantitative estimate of drug-likeness (QED) is 0.292. The molecule has 42 heavy (non-hydrogen) atoms. The van der Waals surface area contributed by atoms with Crippen LogP contribution in [0, 0.1) is 19.7 Å². The van der Waals surface area contributed by atoms with Crippen molar-refractivity contribution in [1.29, 1.82) is 0 Å². The number of benzene rings is 3. The lowest BCUT2D eigenvalue weighted by atomic mass is 9.97. The van der Waals surface area contributed by atoms with Crippen LogP contribution in [0.5, 0.6) is 0 Å². The molecule has 1 fully saturated rings. The summed E-state index contributed by atoms with van der Waals surface area (Å²) in [5.41, 5.74) is 7.64. The van der Waals surface area contributed by atoms with Crippen molar-refractivity contribution in [2.24, 2.45) is 0 Å². The molecule has 0 unspecified atom stereocenters. The molecule has 1 saturated heterocycles. The number of aromatic nitrogens is 2. The molecular weight excluding hydrogens is 549 g/mol. The number of amides is 1. The van der Waals surface area contributed by atoms with E-state index in [2.05, 4.69) is 14.8 Å². The molecule has 0 spiro atoms. The fraction of sp³-hybridized carbons (Fsp3) is 0.364. The van der Waals surface area contributed by atoms with Crippen molar-refractivity contribution in [3.63, 3.8) is 0 Å². The van der Waals surface area contributed by atoms with Crippen LogP contribution in [0.4, 0.5) is 4.39 Å². The van der Waals surface area contributed by atoms with Gasteiger partial charge in [-0.25, -0.2) is 9.37 Å². The van der Waals surface area contributed by atoms with Crippen LogP contribution < -0.4 is 0 Å². The summed E-state index contributed by atoms with van der Waals surface area (Å²) in [6.45, 7) is 7.27. The van der Waals surface area contributed by atoms with Gasteiger partial charge in [0.05, 0.1) is 22.9 Å². The lowest BCUT2D eigenvalue weighted by Gasteiger charge is -2.27. The van der Waals surface area contributed by atoms with Crippen LogP contribution in [0.25, 0.3) is 33.4 Å². The molecule has 0 radical (unpaired) electrons. The first-order valence-electron chi connectivity index (χ1n) is 14.2. The van der Waals surface area contributed by atoms with Crippen LogP contribution in [0.2, 0.25) is 0 Å². The maximum absolute atomic E-state index is 15.5. The topological polar surface area (TPSA) is 69.6 Å². The second-order valence-corrected chi connectivity index (χ2v) is 13.1. The summed E-state index contributed by atoms with van der Waals surface area (Å²) in [7, 11) is 5.04. The Morgan fingerprint density at radius 3 is 2.40 bits per heavy atom. The number of para-hydroxylation sites is 1. The van der Waals surface area contributed by atoms with E-state index in [-0.39, 0.29) is 11.7 Å². The average molecular weight is 588 g/mol. The van der Waals surface area contributed by atoms with Gasteiger partial charge >= 0.3 is 0 Å². The van der Waals surface area contributed by atoms with Gasteiger partial charge < -0.3 is 9.80 Å². The number of fused-ring (bicyclic) bond motifs is 1. The molecule has 0 saturated carbocycles. The van der Waals surface area contributed by atoms with Crippen LogP contribution in [0.1, 0.15) is 27.0 Å². The second-order valence-electron chi connectivity index (χ2n) is 11.4. The van der Waals surface area contributed by atoms with Crippen molar-refractivity contribution >= 4 is 27.7 Å². The highest BCUT2D eigenvalue weighted by molar-refractivity contribution is 7.85. The Hall–Kier alpha value is -3.53. The van der Waals surface area contributed by atoms with Crippen molar-refractivity contribution in [3.05, 3.63) is 82.8 Å². The third-order valence-electron chi connectivity index (χ3n) is 7.94. The Bertz CT molecular complexity index is 1620. The summed E-state index contributed by atoms with van der Waals surface area (Å²) >= 11 is 0. The van der Waals surface area contributed by atoms with Crippen molar-refractivity contribution < 1.29 is 13.4 Å². The maximum Gasteiger partial charge on any atom is 0.253 e. The third kappa shape index (κ3) is 6.59. The molecule has 1 aromatic heterocycles. The van der Waals surface area contributed by atoms with Gasteiger partial charge in [-0.2, -0.15) is 0 Å². The summed E-state index contributed by atoms with van der Waals surface area (Å²) in [6.07, 6.45) is 1.74. The van der Waals surface area contributed by atoms with E-state index in [1.54, 1.807) is 17.2 Å². The lowest BCUT2D eigenvalue weighted by molar-refractivity contribution is 0.0785. The molecule has 3 aromatic carbocycles. The van der Waals surface area contributed by atoms with E-state index < -0.39 is 10.8 Å². The Labute approximate surface area is 249 Å². The van der Waals surface area contributed by atoms with Gasteiger partial charge in [-0.1, -0.05) is 24.3 Å². The standard InChI is InChI=1S/C33H38FN5O2S/c1-22-17-24(9-10-26(22)33(40)38(5)12-11-37(3)4)31-20-35-30-8-6-7-27(32(30)36-31)25-18-23(2)28(29(34)19-25)21-39-13-15-42(41)16-14-39/h6-10,17-20H,11-16,21H2,1-5H3. The lowest BCUT2D eigenvalue weighted by Crippen LogP contribution is -2.37. The van der Waals surface area contributed by atoms with Crippen molar-refractivity contribution in [2.75, 3.05) is 58.8 Å². The molecular formula is C33H38FN5O2S. The van der Waals surface area contributed by atoms with E-state index in [9.17, 15) is 9.00 Å². The van der Waals surface area contributed by atoms with E-state index in [0.29, 0.717) is 46.9 Å². The smallest absolute Gasteiger partial charge is 0.253 e. The Kier molecular flexibility index (Phi) is 9.11. The summed E-state index contributed by atoms with van der Waals surface area (Å²) in [4.78, 5) is 28.7. The minimum atomic E-state index is -0.764. The van der Waals surface area contributed by atoms with Crippen molar-refractivity contribution in [1.82, 2.24) is 24.7 Å². The van der Waals surface area contributed by atoms with Crippen LogP contribution >= 0.6 is 0 Å². The zero-order chi connectivity index (χ0) is 30.0. The van der Waals surface area contributed by atoms with Crippen LogP contribution in [-0.2, 0) is 17.3 Å². The Morgan fingerprint density at radius 2 is 1.71 bits per heavy atom. The number of likely N-dealkylation sites (N-methyl/N-ethyl adjacent to an activating group) is 2. The molecule has 7 nitrogen and oxygen atoms in total. The second kappa shape index (κ2) is 12.8. The van der Waals surface area contributed by atoms with E-state index in [1.165, 1.54) is 0 Å². The molecule has 0 atom stereocenters. The van der Waals surface area contributed by atoms with Gasteiger partial charge in [0.25, 0.3) is 5.91 Å². The summed E-state index contributed by atoms with van der Waals surface area (Å²) in [5.74, 6) is 1.03. The fourth-order valence-electron chi connectivity index (χ4n) is 5.31. The van der Waals surface area contributed by atoms with E-state index >= 15 is 4.39 Å². The predicted octanol–water partition coefficient (Wildman–Crippen LogP) is 4.92. The number of nitrogens with zero attached hydrogens (tertiary/aromatic N) is 5. The molecule has 1 amide bonds. The number of aryl methyl sites for hydroxylation is 2. The van der Waals surface area contributed by atoms with Gasteiger partial charge in [-0.05, 0) is 68.9 Å². The SMILES string of the molecule is Cc1cc(-c2cnc3cccc(-c4cc(C)c(CN5CCS(=O)CC5)c(F)c4)c3n2)ccc1C(=O)N(C)CCN(C)C. The molecule has 0 aliphatic carbocycles. The number of hydrogen-bond acceptors (Lipinski definition) is 6. The minimum Gasteiger partial charge on any atom is -0.340 e. The normalized spacial score (nSPS) is 14.5. The minimum absolute atomic E-state index is 0.0103. The first kappa shape index (κ1) is 29.9. The monoisotopic (exact) mass is 587 g/mol. The molecule has 2 heterocycles. The van der Waals surface area contributed by atoms with Gasteiger partial charge in [-0.15, -0.1) is 0 Å². The van der Waals surface area contributed by atoms with Gasteiger partial charge in [0.1, 0.15) is 5.82 Å². The highest BCUT2D eigenvalue weighted by atomic mass is 32.2. The third-order valence-corrected chi connectivity index (χ3v) is 9.21. The van der Waals surface area contributed by atoms with Gasteiger partial charge in [0.2, 0.25) is 0 Å². The van der Waals surface area contributed by atoms with Gasteiger partial charge in [-0.3, -0.25) is 18.9 Å². The summed E-state index contributed by atoms with van der Waals surface area (Å²) in [5, 5.41) is 0.